The van der Waals surface area contributed by atoms with Gasteiger partial charge in [0.15, 0.2) is 11.0 Å². The number of rotatable bonds is 10. The van der Waals surface area contributed by atoms with Gasteiger partial charge in [-0.05, 0) is 49.2 Å². The van der Waals surface area contributed by atoms with Crippen molar-refractivity contribution in [3.63, 3.8) is 0 Å². The Hall–Kier alpha value is -2.46. The van der Waals surface area contributed by atoms with Crippen LogP contribution in [0.5, 0.6) is 5.75 Å². The molecule has 2 N–H and O–H groups in total. The van der Waals surface area contributed by atoms with E-state index in [0.717, 1.165) is 0 Å². The molecule has 0 saturated heterocycles. The van der Waals surface area contributed by atoms with Gasteiger partial charge in [-0.25, -0.2) is 0 Å². The molecule has 0 unspecified atom stereocenters. The maximum absolute atomic E-state index is 13.0. The summed E-state index contributed by atoms with van der Waals surface area (Å²) in [4.78, 5) is 25.6. The molecule has 1 aromatic heterocycles. The van der Waals surface area contributed by atoms with Gasteiger partial charge in [0.2, 0.25) is 5.91 Å². The fourth-order valence-corrected chi connectivity index (χ4v) is 4.93. The number of aromatic nitrogens is 3. The zero-order valence-electron chi connectivity index (χ0n) is 20.1. The molecule has 0 aliphatic rings. The molecule has 2 aromatic carbocycles. The molecule has 0 aliphatic heterocycles. The van der Waals surface area contributed by atoms with Crippen molar-refractivity contribution in [1.29, 1.82) is 0 Å². The molecular formula is C24H26Cl3N5O3S. The Bertz CT molecular complexity index is 1250. The van der Waals surface area contributed by atoms with Crippen LogP contribution in [0.2, 0.25) is 15.1 Å². The van der Waals surface area contributed by atoms with Gasteiger partial charge in [-0.1, -0.05) is 60.4 Å². The van der Waals surface area contributed by atoms with E-state index in [1.807, 2.05) is 25.3 Å². The number of carbonyl (C=O) groups excluding carboxylic acids is 2. The van der Waals surface area contributed by atoms with Crippen LogP contribution in [-0.2, 0) is 11.3 Å². The van der Waals surface area contributed by atoms with Crippen molar-refractivity contribution in [2.45, 2.75) is 38.5 Å². The van der Waals surface area contributed by atoms with Crippen LogP contribution in [0.3, 0.4) is 0 Å². The maximum Gasteiger partial charge on any atom is 0.253 e. The zero-order chi connectivity index (χ0) is 26.4. The Kier molecular flexibility index (Phi) is 9.90. The molecule has 192 valence electrons. The number of ether oxygens (including phenoxy) is 1. The minimum atomic E-state index is -0.435. The summed E-state index contributed by atoms with van der Waals surface area (Å²) in [5.74, 6) is 0.598. The van der Waals surface area contributed by atoms with Gasteiger partial charge in [-0.2, -0.15) is 0 Å². The number of thioether (sulfide) groups is 1. The molecule has 3 aromatic rings. The highest BCUT2D eigenvalue weighted by molar-refractivity contribution is 7.99. The van der Waals surface area contributed by atoms with E-state index in [4.69, 9.17) is 39.5 Å². The summed E-state index contributed by atoms with van der Waals surface area (Å²) in [6, 6.07) is 9.27. The zero-order valence-corrected chi connectivity index (χ0v) is 23.2. The number of halogens is 3. The predicted molar refractivity (Wildman–Crippen MR) is 145 cm³/mol. The van der Waals surface area contributed by atoms with E-state index in [0.29, 0.717) is 44.6 Å². The molecule has 8 nitrogen and oxygen atoms in total. The minimum absolute atomic E-state index is 0.00553. The van der Waals surface area contributed by atoms with Crippen molar-refractivity contribution in [3.8, 4) is 5.75 Å². The summed E-state index contributed by atoms with van der Waals surface area (Å²) in [7, 11) is 1.52. The molecule has 1 heterocycles. The predicted octanol–water partition coefficient (Wildman–Crippen LogP) is 6.12. The highest BCUT2D eigenvalue weighted by Gasteiger charge is 2.27. The lowest BCUT2D eigenvalue weighted by molar-refractivity contribution is -0.113. The van der Waals surface area contributed by atoms with Gasteiger partial charge in [0, 0.05) is 16.6 Å². The summed E-state index contributed by atoms with van der Waals surface area (Å²) in [6.45, 7) is 6.45. The Labute approximate surface area is 229 Å². The second-order valence-corrected chi connectivity index (χ2v) is 10.3. The van der Waals surface area contributed by atoms with Crippen molar-refractivity contribution >= 4 is 64.1 Å². The smallest absolute Gasteiger partial charge is 0.253 e. The molecule has 0 fully saturated rings. The third kappa shape index (κ3) is 6.85. The highest BCUT2D eigenvalue weighted by atomic mass is 35.5. The first-order valence-electron chi connectivity index (χ1n) is 11.1. The van der Waals surface area contributed by atoms with Crippen molar-refractivity contribution < 1.29 is 14.3 Å². The van der Waals surface area contributed by atoms with Crippen LogP contribution in [-0.4, -0.2) is 39.4 Å². The van der Waals surface area contributed by atoms with Crippen molar-refractivity contribution in [2.24, 2.45) is 5.92 Å². The van der Waals surface area contributed by atoms with E-state index in [1.54, 1.807) is 30.3 Å². The fourth-order valence-electron chi connectivity index (χ4n) is 3.45. The van der Waals surface area contributed by atoms with Gasteiger partial charge in [0.05, 0.1) is 35.2 Å². The quantitative estimate of drug-likeness (QED) is 0.285. The lowest BCUT2D eigenvalue weighted by Gasteiger charge is -2.22. The number of amides is 2. The number of nitrogens with zero attached hydrogens (tertiary/aromatic N) is 3. The van der Waals surface area contributed by atoms with Crippen LogP contribution in [0.1, 0.15) is 43.0 Å². The number of methoxy groups -OCH3 is 1. The minimum Gasteiger partial charge on any atom is -0.495 e. The van der Waals surface area contributed by atoms with Gasteiger partial charge < -0.3 is 19.9 Å². The summed E-state index contributed by atoms with van der Waals surface area (Å²) in [6.07, 6.45) is 0. The first-order chi connectivity index (χ1) is 17.1. The van der Waals surface area contributed by atoms with Crippen LogP contribution < -0.4 is 15.4 Å². The second-order valence-electron chi connectivity index (χ2n) is 8.09. The summed E-state index contributed by atoms with van der Waals surface area (Å²) in [5, 5.41) is 16.2. The Morgan fingerprint density at radius 2 is 1.78 bits per heavy atom. The largest absolute Gasteiger partial charge is 0.495 e. The maximum atomic E-state index is 13.0. The Morgan fingerprint density at radius 1 is 1.08 bits per heavy atom. The average molecular weight is 571 g/mol. The third-order valence-electron chi connectivity index (χ3n) is 5.24. The van der Waals surface area contributed by atoms with Crippen molar-refractivity contribution in [3.05, 3.63) is 62.9 Å². The molecule has 12 heteroatoms. The third-order valence-corrected chi connectivity index (χ3v) is 6.99. The molecule has 36 heavy (non-hydrogen) atoms. The van der Waals surface area contributed by atoms with Gasteiger partial charge in [0.25, 0.3) is 5.91 Å². The first-order valence-corrected chi connectivity index (χ1v) is 13.2. The van der Waals surface area contributed by atoms with Crippen LogP contribution in [0, 0.1) is 5.92 Å². The molecule has 0 aliphatic carbocycles. The lowest BCUT2D eigenvalue weighted by atomic mass is 10.0. The SMILES string of the molecule is CCn1c(SCC(=O)Nc2cc(Cl)ccc2OC)nnc1[C@@H](NC(=O)c1ccc(Cl)cc1Cl)C(C)C. The standard InChI is InChI=1S/C24H26Cl3N5O3S/c1-5-32-22(21(13(2)3)29-23(34)16-8-6-14(25)10-17(16)27)30-31-24(32)36-12-20(33)28-18-11-15(26)7-9-19(18)35-4/h6-11,13,21H,5,12H2,1-4H3,(H,28,33)(H,29,34)/t21-/m0/s1. The van der Waals surface area contributed by atoms with Gasteiger partial charge in [-0.3, -0.25) is 9.59 Å². The molecule has 0 radical (unpaired) electrons. The van der Waals surface area contributed by atoms with Crippen LogP contribution in [0.15, 0.2) is 41.6 Å². The molecule has 0 saturated carbocycles. The number of nitrogens with one attached hydrogen (secondary N) is 2. The van der Waals surface area contributed by atoms with E-state index in [1.165, 1.54) is 24.9 Å². The molecule has 1 atom stereocenters. The molecule has 3 rings (SSSR count). The fraction of sp³-hybridized carbons (Fsp3) is 0.333. The number of hydrogen-bond donors (Lipinski definition) is 2. The lowest BCUT2D eigenvalue weighted by Crippen LogP contribution is -2.34. The van der Waals surface area contributed by atoms with E-state index in [2.05, 4.69) is 20.8 Å². The summed E-state index contributed by atoms with van der Waals surface area (Å²) >= 11 is 19.5. The monoisotopic (exact) mass is 569 g/mol. The normalized spacial score (nSPS) is 11.9. The van der Waals surface area contributed by atoms with Crippen LogP contribution in [0.25, 0.3) is 0 Å². The van der Waals surface area contributed by atoms with Crippen molar-refractivity contribution in [2.75, 3.05) is 18.2 Å². The van der Waals surface area contributed by atoms with Gasteiger partial charge >= 0.3 is 0 Å². The second kappa shape index (κ2) is 12.7. The van der Waals surface area contributed by atoms with Crippen molar-refractivity contribution in [1.82, 2.24) is 20.1 Å². The van der Waals surface area contributed by atoms with E-state index in [-0.39, 0.29) is 28.5 Å². The average Bonchev–Trinajstić information content (AvgIpc) is 3.23. The Balaban J connectivity index is 1.74. The highest BCUT2D eigenvalue weighted by Crippen LogP contribution is 2.29. The van der Waals surface area contributed by atoms with Crippen LogP contribution >= 0.6 is 46.6 Å². The number of benzene rings is 2. The molecule has 0 spiro atoms. The number of anilines is 1. The topological polar surface area (TPSA) is 98.1 Å². The number of hydrogen-bond acceptors (Lipinski definition) is 6. The summed E-state index contributed by atoms with van der Waals surface area (Å²) in [5.41, 5.74) is 0.800. The Morgan fingerprint density at radius 3 is 2.42 bits per heavy atom. The number of carbonyl (C=O) groups is 2. The van der Waals surface area contributed by atoms with E-state index < -0.39 is 6.04 Å². The van der Waals surface area contributed by atoms with Gasteiger partial charge in [0.1, 0.15) is 5.75 Å². The van der Waals surface area contributed by atoms with E-state index in [9.17, 15) is 9.59 Å². The van der Waals surface area contributed by atoms with Gasteiger partial charge in [-0.15, -0.1) is 10.2 Å². The van der Waals surface area contributed by atoms with E-state index >= 15 is 0 Å². The molecule has 2 amide bonds. The first kappa shape index (κ1) is 28.1. The molecule has 0 bridgehead atoms. The molecular weight excluding hydrogens is 545 g/mol. The summed E-state index contributed by atoms with van der Waals surface area (Å²) < 4.78 is 7.15. The van der Waals surface area contributed by atoms with Crippen LogP contribution in [0.4, 0.5) is 5.69 Å².